The van der Waals surface area contributed by atoms with Gasteiger partial charge in [-0.2, -0.15) is 4.98 Å². The predicted molar refractivity (Wildman–Crippen MR) is 89.5 cm³/mol. The Labute approximate surface area is 140 Å². The van der Waals surface area contributed by atoms with Gasteiger partial charge in [0.25, 0.3) is 5.78 Å². The van der Waals surface area contributed by atoms with Crippen molar-refractivity contribution in [3.8, 4) is 0 Å². The number of rotatable bonds is 2. The van der Waals surface area contributed by atoms with Gasteiger partial charge in [-0.15, -0.1) is 5.10 Å². The molecule has 1 aliphatic rings. The average molecular weight is 321 g/mol. The molecule has 1 amide bonds. The van der Waals surface area contributed by atoms with Gasteiger partial charge in [0.05, 0.1) is 6.42 Å². The molecule has 0 bridgehead atoms. The van der Waals surface area contributed by atoms with Gasteiger partial charge in [0.1, 0.15) is 0 Å². The molecule has 0 aliphatic carbocycles. The standard InChI is InChI=1S/C18H19N5O/c1-12-9-13(2)23-18(19-12)20-16(21-23)10-17(24)22-8-7-14-5-3-4-6-15(14)11-22/h3-6,9H,7-8,10-11H2,1-2H3. The topological polar surface area (TPSA) is 63.4 Å². The molecule has 0 N–H and O–H groups in total. The molecular formula is C18H19N5O. The van der Waals surface area contributed by atoms with E-state index in [2.05, 4.69) is 27.2 Å². The number of carbonyl (C=O) groups is 1. The first kappa shape index (κ1) is 14.8. The van der Waals surface area contributed by atoms with Crippen molar-refractivity contribution < 1.29 is 4.79 Å². The molecule has 0 spiro atoms. The first-order chi connectivity index (χ1) is 11.6. The minimum absolute atomic E-state index is 0.0646. The first-order valence-electron chi connectivity index (χ1n) is 8.14. The van der Waals surface area contributed by atoms with Crippen molar-refractivity contribution in [3.05, 3.63) is 58.7 Å². The number of carbonyl (C=O) groups excluding carboxylic acids is 1. The maximum Gasteiger partial charge on any atom is 0.252 e. The van der Waals surface area contributed by atoms with Crippen molar-refractivity contribution in [2.45, 2.75) is 33.2 Å². The van der Waals surface area contributed by atoms with E-state index in [1.54, 1.807) is 4.52 Å². The molecule has 0 saturated carbocycles. The minimum Gasteiger partial charge on any atom is -0.338 e. The molecule has 1 aliphatic heterocycles. The van der Waals surface area contributed by atoms with Crippen molar-refractivity contribution in [1.29, 1.82) is 0 Å². The fourth-order valence-electron chi connectivity index (χ4n) is 3.24. The van der Waals surface area contributed by atoms with E-state index < -0.39 is 0 Å². The minimum atomic E-state index is 0.0646. The zero-order valence-electron chi connectivity index (χ0n) is 13.9. The van der Waals surface area contributed by atoms with Crippen LogP contribution in [0.15, 0.2) is 30.3 Å². The number of amides is 1. The first-order valence-corrected chi connectivity index (χ1v) is 8.14. The maximum atomic E-state index is 12.6. The molecule has 1 aromatic carbocycles. The van der Waals surface area contributed by atoms with Gasteiger partial charge < -0.3 is 4.90 Å². The van der Waals surface area contributed by atoms with Crippen molar-refractivity contribution in [2.75, 3.05) is 6.54 Å². The van der Waals surface area contributed by atoms with Gasteiger partial charge in [0, 0.05) is 24.5 Å². The molecular weight excluding hydrogens is 302 g/mol. The average Bonchev–Trinajstić information content (AvgIpc) is 2.97. The highest BCUT2D eigenvalue weighted by atomic mass is 16.2. The Kier molecular flexibility index (Phi) is 3.52. The van der Waals surface area contributed by atoms with Crippen LogP contribution in [-0.4, -0.2) is 36.9 Å². The summed E-state index contributed by atoms with van der Waals surface area (Å²) in [6.45, 7) is 5.31. The van der Waals surface area contributed by atoms with E-state index in [4.69, 9.17) is 0 Å². The number of benzene rings is 1. The lowest BCUT2D eigenvalue weighted by molar-refractivity contribution is -0.131. The van der Waals surface area contributed by atoms with E-state index in [-0.39, 0.29) is 12.3 Å². The fourth-order valence-corrected chi connectivity index (χ4v) is 3.24. The second-order valence-electron chi connectivity index (χ2n) is 6.29. The SMILES string of the molecule is Cc1cc(C)n2nc(CC(=O)N3CCc4ccccc4C3)nc2n1. The molecule has 0 fully saturated rings. The third kappa shape index (κ3) is 2.64. The van der Waals surface area contributed by atoms with Gasteiger partial charge >= 0.3 is 0 Å². The third-order valence-electron chi connectivity index (χ3n) is 4.45. The lowest BCUT2D eigenvalue weighted by Gasteiger charge is -2.28. The normalized spacial score (nSPS) is 14.0. The fraction of sp³-hybridized carbons (Fsp3) is 0.333. The molecule has 6 heteroatoms. The monoisotopic (exact) mass is 321 g/mol. The number of nitrogens with zero attached hydrogens (tertiary/aromatic N) is 5. The number of fused-ring (bicyclic) bond motifs is 2. The van der Waals surface area contributed by atoms with Crippen molar-refractivity contribution in [3.63, 3.8) is 0 Å². The van der Waals surface area contributed by atoms with Crippen LogP contribution in [0.3, 0.4) is 0 Å². The molecule has 4 rings (SSSR count). The summed E-state index contributed by atoms with van der Waals surface area (Å²) >= 11 is 0. The zero-order chi connectivity index (χ0) is 16.7. The Morgan fingerprint density at radius 3 is 2.79 bits per heavy atom. The summed E-state index contributed by atoms with van der Waals surface area (Å²) in [6, 6.07) is 10.3. The number of hydrogen-bond donors (Lipinski definition) is 0. The Balaban J connectivity index is 1.54. The zero-order valence-corrected chi connectivity index (χ0v) is 13.9. The molecule has 6 nitrogen and oxygen atoms in total. The van der Waals surface area contributed by atoms with Crippen LogP contribution < -0.4 is 0 Å². The molecule has 3 heterocycles. The van der Waals surface area contributed by atoms with Gasteiger partial charge in [-0.25, -0.2) is 9.50 Å². The van der Waals surface area contributed by atoms with Crippen LogP contribution in [0.2, 0.25) is 0 Å². The molecule has 24 heavy (non-hydrogen) atoms. The largest absolute Gasteiger partial charge is 0.338 e. The van der Waals surface area contributed by atoms with E-state index in [0.29, 0.717) is 18.1 Å². The molecule has 122 valence electrons. The predicted octanol–water partition coefficient (Wildman–Crippen LogP) is 1.87. The molecule has 0 unspecified atom stereocenters. The second kappa shape index (κ2) is 5.70. The smallest absolute Gasteiger partial charge is 0.252 e. The van der Waals surface area contributed by atoms with Gasteiger partial charge in [-0.05, 0) is 37.5 Å². The summed E-state index contributed by atoms with van der Waals surface area (Å²) in [4.78, 5) is 23.3. The lowest BCUT2D eigenvalue weighted by atomic mass is 10.00. The highest BCUT2D eigenvalue weighted by molar-refractivity contribution is 5.78. The van der Waals surface area contributed by atoms with Crippen molar-refractivity contribution in [1.82, 2.24) is 24.5 Å². The van der Waals surface area contributed by atoms with E-state index in [9.17, 15) is 4.79 Å². The summed E-state index contributed by atoms with van der Waals surface area (Å²) < 4.78 is 1.70. The highest BCUT2D eigenvalue weighted by Crippen LogP contribution is 2.19. The third-order valence-corrected chi connectivity index (χ3v) is 4.45. The maximum absolute atomic E-state index is 12.6. The Hall–Kier alpha value is -2.76. The molecule has 2 aromatic heterocycles. The van der Waals surface area contributed by atoms with E-state index >= 15 is 0 Å². The van der Waals surface area contributed by atoms with E-state index in [1.807, 2.05) is 36.9 Å². The summed E-state index contributed by atoms with van der Waals surface area (Å²) in [5, 5.41) is 4.43. The van der Waals surface area contributed by atoms with E-state index in [0.717, 1.165) is 24.4 Å². The van der Waals surface area contributed by atoms with Crippen LogP contribution in [0, 0.1) is 13.8 Å². The number of hydrogen-bond acceptors (Lipinski definition) is 4. The van der Waals surface area contributed by atoms with E-state index in [1.165, 1.54) is 11.1 Å². The Morgan fingerprint density at radius 1 is 1.17 bits per heavy atom. The van der Waals surface area contributed by atoms with Crippen LogP contribution >= 0.6 is 0 Å². The number of aromatic nitrogens is 4. The highest BCUT2D eigenvalue weighted by Gasteiger charge is 2.22. The summed E-state index contributed by atoms with van der Waals surface area (Å²) in [5.41, 5.74) is 4.43. The lowest BCUT2D eigenvalue weighted by Crippen LogP contribution is -2.37. The molecule has 0 radical (unpaired) electrons. The number of aryl methyl sites for hydroxylation is 2. The van der Waals surface area contributed by atoms with Gasteiger partial charge in [-0.1, -0.05) is 24.3 Å². The second-order valence-corrected chi connectivity index (χ2v) is 6.29. The van der Waals surface area contributed by atoms with Crippen LogP contribution in [0.4, 0.5) is 0 Å². The summed E-state index contributed by atoms with van der Waals surface area (Å²) in [7, 11) is 0. The quantitative estimate of drug-likeness (QED) is 0.723. The molecule has 0 atom stereocenters. The van der Waals surface area contributed by atoms with Gasteiger partial charge in [0.15, 0.2) is 5.82 Å². The van der Waals surface area contributed by atoms with Crippen LogP contribution in [0.5, 0.6) is 0 Å². The summed E-state index contributed by atoms with van der Waals surface area (Å²) in [5.74, 6) is 1.15. The van der Waals surface area contributed by atoms with Crippen molar-refractivity contribution >= 4 is 11.7 Å². The Morgan fingerprint density at radius 2 is 1.96 bits per heavy atom. The molecule has 0 saturated heterocycles. The van der Waals surface area contributed by atoms with Crippen LogP contribution in [0.25, 0.3) is 5.78 Å². The molecule has 3 aromatic rings. The Bertz CT molecular complexity index is 930. The van der Waals surface area contributed by atoms with Crippen LogP contribution in [-0.2, 0) is 24.2 Å². The van der Waals surface area contributed by atoms with Gasteiger partial charge in [0.2, 0.25) is 5.91 Å². The summed E-state index contributed by atoms with van der Waals surface area (Å²) in [6.07, 6.45) is 1.12. The van der Waals surface area contributed by atoms with Crippen molar-refractivity contribution in [2.24, 2.45) is 0 Å². The van der Waals surface area contributed by atoms with Crippen LogP contribution in [0.1, 0.15) is 28.3 Å². The van der Waals surface area contributed by atoms with Gasteiger partial charge in [-0.3, -0.25) is 4.79 Å².